The Morgan fingerprint density at radius 2 is 1.83 bits per heavy atom. The van der Waals surface area contributed by atoms with Crippen LogP contribution in [0.15, 0.2) is 47.5 Å². The van der Waals surface area contributed by atoms with Crippen molar-refractivity contribution >= 4 is 37.3 Å². The summed E-state index contributed by atoms with van der Waals surface area (Å²) in [6.07, 6.45) is 2.33. The minimum atomic E-state index is -4.03. The summed E-state index contributed by atoms with van der Waals surface area (Å²) in [6, 6.07) is 13.4. The number of nitrogens with one attached hydrogen (secondary N) is 2. The van der Waals surface area contributed by atoms with Crippen LogP contribution >= 0.6 is 0 Å². The van der Waals surface area contributed by atoms with Crippen LogP contribution in [0.5, 0.6) is 0 Å². The molecule has 0 aromatic heterocycles. The summed E-state index contributed by atoms with van der Waals surface area (Å²) in [7, 11) is -5.18. The highest BCUT2D eigenvalue weighted by Gasteiger charge is 2.59. The first-order valence-electron chi connectivity index (χ1n) is 9.18. The molecule has 1 unspecified atom stereocenters. The second-order valence-electron chi connectivity index (χ2n) is 7.38. The van der Waals surface area contributed by atoms with Crippen LogP contribution in [0.2, 0.25) is 0 Å². The van der Waals surface area contributed by atoms with E-state index in [9.17, 15) is 16.8 Å². The molecule has 2 N–H and O–H groups in total. The van der Waals surface area contributed by atoms with Crippen LogP contribution in [0.4, 0.5) is 0 Å². The lowest BCUT2D eigenvalue weighted by Crippen LogP contribution is -2.59. The molecule has 29 heavy (non-hydrogen) atoms. The van der Waals surface area contributed by atoms with Gasteiger partial charge in [0.25, 0.3) is 10.0 Å². The quantitative estimate of drug-likeness (QED) is 0.671. The van der Waals surface area contributed by atoms with Gasteiger partial charge in [0.1, 0.15) is 6.34 Å². The summed E-state index contributed by atoms with van der Waals surface area (Å²) in [5.41, 5.74) is 3.46. The van der Waals surface area contributed by atoms with E-state index in [1.54, 1.807) is 0 Å². The molecule has 4 rings (SSSR count). The zero-order chi connectivity index (χ0) is 20.9. The third-order valence-corrected chi connectivity index (χ3v) is 8.69. The number of sulfonamides is 1. The van der Waals surface area contributed by atoms with Gasteiger partial charge < -0.3 is 0 Å². The van der Waals surface area contributed by atoms with Gasteiger partial charge in [-0.05, 0) is 29.2 Å². The Morgan fingerprint density at radius 1 is 1.14 bits per heavy atom. The number of aliphatic imine (C=N–C) groups is 1. The van der Waals surface area contributed by atoms with Crippen molar-refractivity contribution < 1.29 is 16.8 Å². The minimum absolute atomic E-state index is 0.0792. The van der Waals surface area contributed by atoms with Crippen LogP contribution in [-0.4, -0.2) is 51.0 Å². The first-order chi connectivity index (χ1) is 13.7. The van der Waals surface area contributed by atoms with Gasteiger partial charge >= 0.3 is 10.2 Å². The maximum atomic E-state index is 13.3. The van der Waals surface area contributed by atoms with Crippen LogP contribution in [0.25, 0.3) is 10.8 Å². The van der Waals surface area contributed by atoms with Crippen molar-refractivity contribution in [3.63, 3.8) is 0 Å². The summed E-state index contributed by atoms with van der Waals surface area (Å²) in [5.74, 6) is -0.300. The van der Waals surface area contributed by atoms with E-state index in [0.29, 0.717) is 12.8 Å². The van der Waals surface area contributed by atoms with Gasteiger partial charge in [-0.3, -0.25) is 0 Å². The Labute approximate surface area is 170 Å². The summed E-state index contributed by atoms with van der Waals surface area (Å²) >= 11 is 0. The van der Waals surface area contributed by atoms with Gasteiger partial charge in [-0.2, -0.15) is 22.6 Å². The molecular formula is C18H23N5O4S2. The normalized spacial score (nSPS) is 22.7. The van der Waals surface area contributed by atoms with E-state index in [0.717, 1.165) is 31.4 Å². The Morgan fingerprint density at radius 3 is 2.52 bits per heavy atom. The SMILES string of the molecule is CN(C)S(=O)(=O)N1C=NC(C2CC2)(S(=O)(=O)NCc2cccc3ccccc23)N1. The molecule has 9 nitrogen and oxygen atoms in total. The maximum Gasteiger partial charge on any atom is 0.318 e. The standard InChI is InChI=1S/C18H23N5O4S2/c1-22(2)29(26,27)23-13-19-18(21-23,16-10-11-16)28(24,25)20-12-15-8-5-7-14-6-3-4-9-17(14)15/h3-9,13,16,20-21H,10-12H2,1-2H3. The molecule has 0 spiro atoms. The topological polar surface area (TPSA) is 111 Å². The molecule has 2 aromatic rings. The Kier molecular flexibility index (Phi) is 4.90. The van der Waals surface area contributed by atoms with Crippen molar-refractivity contribution in [3.05, 3.63) is 48.0 Å². The smallest absolute Gasteiger partial charge is 0.232 e. The Hall–Kier alpha value is -2.05. The van der Waals surface area contributed by atoms with E-state index in [1.165, 1.54) is 14.1 Å². The molecule has 0 radical (unpaired) electrons. The third kappa shape index (κ3) is 3.42. The molecule has 156 valence electrons. The predicted octanol–water partition coefficient (Wildman–Crippen LogP) is 0.978. The summed E-state index contributed by atoms with van der Waals surface area (Å²) in [6.45, 7) is 0.0792. The van der Waals surface area contributed by atoms with Gasteiger partial charge in [-0.25, -0.2) is 18.1 Å². The van der Waals surface area contributed by atoms with Crippen molar-refractivity contribution in [3.8, 4) is 0 Å². The summed E-state index contributed by atoms with van der Waals surface area (Å²) in [4.78, 5) is 2.40. The fourth-order valence-electron chi connectivity index (χ4n) is 3.40. The molecule has 2 aromatic carbocycles. The van der Waals surface area contributed by atoms with Gasteiger partial charge in [0, 0.05) is 26.6 Å². The van der Waals surface area contributed by atoms with E-state index in [2.05, 4.69) is 15.1 Å². The molecule has 0 bridgehead atoms. The molecular weight excluding hydrogens is 414 g/mol. The highest BCUT2D eigenvalue weighted by molar-refractivity contribution is 7.91. The Bertz CT molecular complexity index is 1170. The van der Waals surface area contributed by atoms with Crippen LogP contribution < -0.4 is 10.1 Å². The number of rotatable bonds is 7. The molecule has 1 saturated carbocycles. The van der Waals surface area contributed by atoms with Crippen LogP contribution in [0.3, 0.4) is 0 Å². The lowest BCUT2D eigenvalue weighted by Gasteiger charge is -2.29. The number of fused-ring (bicyclic) bond motifs is 1. The van der Waals surface area contributed by atoms with Crippen molar-refractivity contribution in [2.75, 3.05) is 14.1 Å². The van der Waals surface area contributed by atoms with Crippen LogP contribution in [0, 0.1) is 5.92 Å². The fraction of sp³-hybridized carbons (Fsp3) is 0.389. The molecule has 1 aliphatic carbocycles. The van der Waals surface area contributed by atoms with Crippen molar-refractivity contribution in [2.24, 2.45) is 10.9 Å². The van der Waals surface area contributed by atoms with Crippen molar-refractivity contribution in [1.29, 1.82) is 0 Å². The van der Waals surface area contributed by atoms with Gasteiger partial charge in [0.15, 0.2) is 0 Å². The predicted molar refractivity (Wildman–Crippen MR) is 111 cm³/mol. The lowest BCUT2D eigenvalue weighted by atomic mass is 10.1. The number of hydrazine groups is 1. The monoisotopic (exact) mass is 437 g/mol. The fourth-order valence-corrected chi connectivity index (χ4v) is 5.87. The first kappa shape index (κ1) is 20.2. The van der Waals surface area contributed by atoms with Gasteiger partial charge in [0.2, 0.25) is 4.99 Å². The van der Waals surface area contributed by atoms with E-state index in [4.69, 9.17) is 0 Å². The minimum Gasteiger partial charge on any atom is -0.232 e. The molecule has 11 heteroatoms. The molecule has 0 saturated heterocycles. The summed E-state index contributed by atoms with van der Waals surface area (Å²) < 4.78 is 55.7. The number of nitrogens with zero attached hydrogens (tertiary/aromatic N) is 3. The van der Waals surface area contributed by atoms with E-state index >= 15 is 0 Å². The summed E-state index contributed by atoms with van der Waals surface area (Å²) in [5, 5.41) is 1.97. The second kappa shape index (κ2) is 7.03. The average Bonchev–Trinajstić information content (AvgIpc) is 3.44. The maximum absolute atomic E-state index is 13.3. The van der Waals surface area contributed by atoms with E-state index in [1.807, 2.05) is 42.5 Å². The first-order valence-corrected chi connectivity index (χ1v) is 12.1. The molecule has 2 aliphatic rings. The molecule has 0 amide bonds. The third-order valence-electron chi connectivity index (χ3n) is 5.21. The zero-order valence-corrected chi connectivity index (χ0v) is 17.7. The van der Waals surface area contributed by atoms with Gasteiger partial charge in [-0.1, -0.05) is 42.5 Å². The Balaban J connectivity index is 1.61. The van der Waals surface area contributed by atoms with Crippen LogP contribution in [-0.2, 0) is 26.8 Å². The van der Waals surface area contributed by atoms with Crippen LogP contribution in [0.1, 0.15) is 18.4 Å². The molecule has 1 aliphatic heterocycles. The number of hydrogen-bond acceptors (Lipinski definition) is 6. The number of benzene rings is 2. The number of hydrogen-bond donors (Lipinski definition) is 2. The zero-order valence-electron chi connectivity index (χ0n) is 16.1. The molecule has 1 heterocycles. The van der Waals surface area contributed by atoms with Crippen molar-refractivity contribution in [2.45, 2.75) is 24.4 Å². The molecule has 1 fully saturated rings. The molecule has 1 atom stereocenters. The second-order valence-corrected chi connectivity index (χ2v) is 11.3. The lowest BCUT2D eigenvalue weighted by molar-refractivity contribution is 0.319. The van der Waals surface area contributed by atoms with Crippen molar-refractivity contribution in [1.82, 2.24) is 18.9 Å². The highest BCUT2D eigenvalue weighted by Crippen LogP contribution is 2.45. The highest BCUT2D eigenvalue weighted by atomic mass is 32.2. The van der Waals surface area contributed by atoms with E-state index in [-0.39, 0.29) is 12.5 Å². The average molecular weight is 438 g/mol. The van der Waals surface area contributed by atoms with Gasteiger partial charge in [0.05, 0.1) is 0 Å². The van der Waals surface area contributed by atoms with E-state index < -0.39 is 25.2 Å². The van der Waals surface area contributed by atoms with Gasteiger partial charge in [-0.15, -0.1) is 0 Å². The largest absolute Gasteiger partial charge is 0.318 e.